The Morgan fingerprint density at radius 3 is 2.30 bits per heavy atom. The first-order valence-corrected chi connectivity index (χ1v) is 14.6. The van der Waals surface area contributed by atoms with Gasteiger partial charge >= 0.3 is 0 Å². The predicted octanol–water partition coefficient (Wildman–Crippen LogP) is 6.39. The van der Waals surface area contributed by atoms with Gasteiger partial charge in [0.15, 0.2) is 0 Å². The fourth-order valence-electron chi connectivity index (χ4n) is 6.07. The monoisotopic (exact) mass is 542 g/mol. The topological polar surface area (TPSA) is 51.2 Å². The molecule has 0 spiro atoms. The number of piperidine rings is 1. The number of hydrogen-bond donors (Lipinski definition) is 0. The second kappa shape index (κ2) is 13.2. The number of benzene rings is 3. The number of rotatable bonds is 10. The van der Waals surface area contributed by atoms with Crippen molar-refractivity contribution in [1.29, 1.82) is 0 Å². The molecule has 1 atom stereocenters. The zero-order chi connectivity index (χ0) is 27.9. The highest BCUT2D eigenvalue weighted by Gasteiger charge is 2.26. The highest BCUT2D eigenvalue weighted by molar-refractivity contribution is 5.92. The first-order valence-electron chi connectivity index (χ1n) is 14.6. The molecule has 1 aliphatic heterocycles. The highest BCUT2D eigenvalue weighted by atomic mass is 16.5. The van der Waals surface area contributed by atoms with Crippen LogP contribution in [-0.2, 0) is 24.2 Å². The molecule has 3 aromatic carbocycles. The smallest absolute Gasteiger partial charge is 0.224 e. The van der Waals surface area contributed by atoms with Gasteiger partial charge in [-0.15, -0.1) is 0 Å². The molecule has 212 valence electrons. The fourth-order valence-corrected chi connectivity index (χ4v) is 6.07. The molecule has 1 aliphatic carbocycles. The van der Waals surface area contributed by atoms with Crippen molar-refractivity contribution in [3.05, 3.63) is 82.9 Å². The summed E-state index contributed by atoms with van der Waals surface area (Å²) < 4.78 is 17.0. The lowest BCUT2D eigenvalue weighted by molar-refractivity contribution is -0.116. The first-order chi connectivity index (χ1) is 19.5. The summed E-state index contributed by atoms with van der Waals surface area (Å²) in [5.74, 6) is 2.86. The summed E-state index contributed by atoms with van der Waals surface area (Å²) >= 11 is 0. The summed E-state index contributed by atoms with van der Waals surface area (Å²) in [6.45, 7) is 6.16. The molecule has 2 aliphatic rings. The lowest BCUT2D eigenvalue weighted by Crippen LogP contribution is -2.33. The van der Waals surface area contributed by atoms with Gasteiger partial charge in [-0.25, -0.2) is 0 Å². The quantitative estimate of drug-likeness (QED) is 0.297. The maximum atomic E-state index is 13.1. The van der Waals surface area contributed by atoms with E-state index in [1.807, 2.05) is 35.2 Å². The average molecular weight is 543 g/mol. The van der Waals surface area contributed by atoms with Crippen LogP contribution in [0.3, 0.4) is 0 Å². The van der Waals surface area contributed by atoms with E-state index in [2.05, 4.69) is 35.2 Å². The van der Waals surface area contributed by atoms with Crippen molar-refractivity contribution in [2.24, 2.45) is 0 Å². The van der Waals surface area contributed by atoms with Crippen LogP contribution in [0.2, 0.25) is 0 Å². The summed E-state index contributed by atoms with van der Waals surface area (Å²) in [7, 11) is 3.38. The van der Waals surface area contributed by atoms with Crippen molar-refractivity contribution in [2.45, 2.75) is 57.9 Å². The fraction of sp³-hybridized carbons (Fsp3) is 0.441. The Morgan fingerprint density at radius 2 is 1.57 bits per heavy atom. The van der Waals surface area contributed by atoms with Gasteiger partial charge < -0.3 is 19.1 Å². The van der Waals surface area contributed by atoms with Gasteiger partial charge in [0.05, 0.1) is 26.5 Å². The van der Waals surface area contributed by atoms with Gasteiger partial charge in [0.25, 0.3) is 0 Å². The van der Waals surface area contributed by atoms with E-state index in [0.29, 0.717) is 19.1 Å². The van der Waals surface area contributed by atoms with E-state index in [0.717, 1.165) is 54.3 Å². The lowest BCUT2D eigenvalue weighted by Gasteiger charge is -2.31. The standard InChI is InChI=1S/C34H42N2O4/c1-25(37)36(24-26-7-12-30(13-8-26)40-20-19-35-17-5-4-6-18-35)34-23-32(39-3)15-16-33(34)29-10-9-28-22-31(38-2)14-11-27(28)21-29/h7-8,11-16,22-23,29H,4-6,9-10,17-21,24H2,1-3H3. The predicted molar refractivity (Wildman–Crippen MR) is 160 cm³/mol. The molecule has 1 amide bonds. The van der Waals surface area contributed by atoms with Crippen molar-refractivity contribution in [2.75, 3.05) is 45.4 Å². The van der Waals surface area contributed by atoms with Crippen molar-refractivity contribution in [3.63, 3.8) is 0 Å². The minimum absolute atomic E-state index is 0.0114. The van der Waals surface area contributed by atoms with E-state index in [-0.39, 0.29) is 5.91 Å². The van der Waals surface area contributed by atoms with Crippen LogP contribution in [0.4, 0.5) is 5.69 Å². The average Bonchev–Trinajstić information content (AvgIpc) is 3.00. The number of hydrogen-bond acceptors (Lipinski definition) is 5. The molecule has 0 aromatic heterocycles. The van der Waals surface area contributed by atoms with Crippen LogP contribution in [-0.4, -0.2) is 51.3 Å². The highest BCUT2D eigenvalue weighted by Crippen LogP contribution is 2.40. The van der Waals surface area contributed by atoms with Crippen LogP contribution in [0.25, 0.3) is 0 Å². The Kier molecular flexibility index (Phi) is 9.27. The van der Waals surface area contributed by atoms with Gasteiger partial charge in [0.1, 0.15) is 23.9 Å². The zero-order valence-corrected chi connectivity index (χ0v) is 24.2. The number of nitrogens with zero attached hydrogens (tertiary/aromatic N) is 2. The van der Waals surface area contributed by atoms with Gasteiger partial charge in [-0.05, 0) is 104 Å². The Hall–Kier alpha value is -3.51. The molecule has 0 radical (unpaired) electrons. The Morgan fingerprint density at radius 1 is 0.875 bits per heavy atom. The van der Waals surface area contributed by atoms with Gasteiger partial charge in [-0.2, -0.15) is 0 Å². The number of amides is 1. The van der Waals surface area contributed by atoms with Crippen LogP contribution in [0, 0.1) is 0 Å². The summed E-state index contributed by atoms with van der Waals surface area (Å²) in [6.07, 6.45) is 6.88. The maximum absolute atomic E-state index is 13.1. The number of likely N-dealkylation sites (tertiary alicyclic amines) is 1. The summed E-state index contributed by atoms with van der Waals surface area (Å²) in [5, 5.41) is 0. The number of anilines is 1. The summed E-state index contributed by atoms with van der Waals surface area (Å²) in [4.78, 5) is 17.4. The van der Waals surface area contributed by atoms with Crippen molar-refractivity contribution in [3.8, 4) is 17.2 Å². The van der Waals surface area contributed by atoms with E-state index in [4.69, 9.17) is 14.2 Å². The van der Waals surface area contributed by atoms with Gasteiger partial charge in [0, 0.05) is 19.5 Å². The summed E-state index contributed by atoms with van der Waals surface area (Å²) in [5.41, 5.74) is 5.88. The Labute approximate surface area is 238 Å². The van der Waals surface area contributed by atoms with E-state index >= 15 is 0 Å². The molecular formula is C34H42N2O4. The first kappa shape index (κ1) is 28.0. The van der Waals surface area contributed by atoms with Crippen molar-refractivity contribution >= 4 is 11.6 Å². The molecule has 1 saturated heterocycles. The molecule has 40 heavy (non-hydrogen) atoms. The lowest BCUT2D eigenvalue weighted by atomic mass is 9.79. The van der Waals surface area contributed by atoms with E-state index in [1.54, 1.807) is 21.1 Å². The molecule has 0 saturated carbocycles. The van der Waals surface area contributed by atoms with E-state index in [1.165, 1.54) is 49.0 Å². The maximum Gasteiger partial charge on any atom is 0.224 e. The summed E-state index contributed by atoms with van der Waals surface area (Å²) in [6, 6.07) is 20.7. The van der Waals surface area contributed by atoms with Gasteiger partial charge in [0.2, 0.25) is 5.91 Å². The molecule has 6 heteroatoms. The Bertz CT molecular complexity index is 1280. The SMILES string of the molecule is COc1ccc2c(c1)CCC(c1ccc(OC)cc1N(Cc1ccc(OCCN3CCCCC3)cc1)C(C)=O)C2. The van der Waals surface area contributed by atoms with Crippen LogP contribution in [0.15, 0.2) is 60.7 Å². The second-order valence-electron chi connectivity index (χ2n) is 11.0. The third-order valence-corrected chi connectivity index (χ3v) is 8.38. The normalized spacial score (nSPS) is 17.1. The number of carbonyl (C=O) groups is 1. The van der Waals surface area contributed by atoms with Gasteiger partial charge in [-0.3, -0.25) is 9.69 Å². The van der Waals surface area contributed by atoms with Crippen molar-refractivity contribution in [1.82, 2.24) is 4.90 Å². The third kappa shape index (κ3) is 6.79. The number of fused-ring (bicyclic) bond motifs is 1. The molecule has 6 nitrogen and oxygen atoms in total. The molecule has 3 aromatic rings. The van der Waals surface area contributed by atoms with Crippen molar-refractivity contribution < 1.29 is 19.0 Å². The zero-order valence-electron chi connectivity index (χ0n) is 24.2. The number of aryl methyl sites for hydroxylation is 1. The minimum Gasteiger partial charge on any atom is -0.497 e. The molecule has 1 heterocycles. The van der Waals surface area contributed by atoms with Crippen LogP contribution in [0.5, 0.6) is 17.2 Å². The molecule has 1 fully saturated rings. The minimum atomic E-state index is 0.0114. The Balaban J connectivity index is 1.31. The van der Waals surface area contributed by atoms with Crippen LogP contribution >= 0.6 is 0 Å². The largest absolute Gasteiger partial charge is 0.497 e. The van der Waals surface area contributed by atoms with Gasteiger partial charge in [-0.1, -0.05) is 30.7 Å². The number of methoxy groups -OCH3 is 2. The molecule has 0 bridgehead atoms. The molecule has 0 N–H and O–H groups in total. The number of carbonyl (C=O) groups excluding carboxylic acids is 1. The van der Waals surface area contributed by atoms with Crippen LogP contribution < -0.4 is 19.1 Å². The van der Waals surface area contributed by atoms with E-state index < -0.39 is 0 Å². The third-order valence-electron chi connectivity index (χ3n) is 8.38. The molecular weight excluding hydrogens is 500 g/mol. The molecule has 1 unspecified atom stereocenters. The number of ether oxygens (including phenoxy) is 3. The molecule has 5 rings (SSSR count). The second-order valence-corrected chi connectivity index (χ2v) is 11.0. The van der Waals surface area contributed by atoms with Crippen LogP contribution in [0.1, 0.15) is 60.8 Å². The van der Waals surface area contributed by atoms with E-state index in [9.17, 15) is 4.79 Å².